The van der Waals surface area contributed by atoms with Crippen molar-refractivity contribution >= 4 is 29.4 Å². The standard InChI is InChI=1S/C23H26ClN3O5/c1-5-23(16-9-11-17(24)12-10-16)21(29)27(22(30)25-23)14-19(28)26(2)13-15-7-6-8-18(31-3)20(15)32-4/h6-12H,5,13-14H2,1-4H3,(H,25,30). The molecule has 0 spiro atoms. The summed E-state index contributed by atoms with van der Waals surface area (Å²) >= 11 is 5.96. The molecular formula is C23H26ClN3O5. The largest absolute Gasteiger partial charge is 0.493 e. The van der Waals surface area contributed by atoms with Crippen molar-refractivity contribution in [2.45, 2.75) is 25.4 Å². The van der Waals surface area contributed by atoms with Crippen LogP contribution in [-0.4, -0.2) is 55.5 Å². The van der Waals surface area contributed by atoms with Crippen molar-refractivity contribution in [3.05, 3.63) is 58.6 Å². The van der Waals surface area contributed by atoms with Crippen molar-refractivity contribution in [1.82, 2.24) is 15.1 Å². The summed E-state index contributed by atoms with van der Waals surface area (Å²) in [5.41, 5.74) is 0.132. The molecule has 1 N–H and O–H groups in total. The van der Waals surface area contributed by atoms with E-state index in [1.54, 1.807) is 50.4 Å². The predicted octanol–water partition coefficient (Wildman–Crippen LogP) is 3.17. The van der Waals surface area contributed by atoms with Gasteiger partial charge in [-0.1, -0.05) is 42.8 Å². The Balaban J connectivity index is 1.77. The van der Waals surface area contributed by atoms with Crippen LogP contribution in [0.5, 0.6) is 11.5 Å². The maximum absolute atomic E-state index is 13.3. The van der Waals surface area contributed by atoms with Crippen LogP contribution in [0, 0.1) is 0 Å². The van der Waals surface area contributed by atoms with Crippen LogP contribution in [0.1, 0.15) is 24.5 Å². The van der Waals surface area contributed by atoms with Crippen molar-refractivity contribution in [2.75, 3.05) is 27.8 Å². The molecule has 0 aliphatic carbocycles. The molecule has 3 rings (SSSR count). The fraction of sp³-hybridized carbons (Fsp3) is 0.348. The van der Waals surface area contributed by atoms with E-state index in [1.807, 2.05) is 6.07 Å². The number of carbonyl (C=O) groups is 3. The second-order valence-electron chi connectivity index (χ2n) is 7.49. The SMILES string of the molecule is CCC1(c2ccc(Cl)cc2)NC(=O)N(CC(=O)N(C)Cc2cccc(OC)c2OC)C1=O. The molecule has 2 aromatic rings. The topological polar surface area (TPSA) is 88.2 Å². The molecule has 1 heterocycles. The minimum absolute atomic E-state index is 0.221. The van der Waals surface area contributed by atoms with E-state index in [4.69, 9.17) is 21.1 Å². The van der Waals surface area contributed by atoms with Gasteiger partial charge in [0.05, 0.1) is 14.2 Å². The van der Waals surface area contributed by atoms with Crippen molar-refractivity contribution in [1.29, 1.82) is 0 Å². The number of ether oxygens (including phenoxy) is 2. The van der Waals surface area contributed by atoms with Gasteiger partial charge in [0.15, 0.2) is 11.5 Å². The molecule has 170 valence electrons. The molecule has 0 bridgehead atoms. The number of amides is 4. The van der Waals surface area contributed by atoms with Gasteiger partial charge in [0, 0.05) is 24.2 Å². The average Bonchev–Trinajstić information content (AvgIpc) is 3.04. The van der Waals surface area contributed by atoms with Gasteiger partial charge in [0.25, 0.3) is 5.91 Å². The second kappa shape index (κ2) is 9.48. The first-order valence-corrected chi connectivity index (χ1v) is 10.5. The fourth-order valence-corrected chi connectivity index (χ4v) is 3.95. The summed E-state index contributed by atoms with van der Waals surface area (Å²) in [6.07, 6.45) is 0.334. The predicted molar refractivity (Wildman–Crippen MR) is 120 cm³/mol. The Morgan fingerprint density at radius 2 is 1.81 bits per heavy atom. The van der Waals surface area contributed by atoms with Crippen LogP contribution < -0.4 is 14.8 Å². The van der Waals surface area contributed by atoms with Gasteiger partial charge in [-0.05, 0) is 30.2 Å². The molecule has 1 saturated heterocycles. The molecular weight excluding hydrogens is 434 g/mol. The summed E-state index contributed by atoms with van der Waals surface area (Å²) in [4.78, 5) is 41.2. The molecule has 1 unspecified atom stereocenters. The number of rotatable bonds is 8. The van der Waals surface area contributed by atoms with E-state index in [9.17, 15) is 14.4 Å². The first-order valence-electron chi connectivity index (χ1n) is 10.1. The zero-order chi connectivity index (χ0) is 23.5. The fourth-order valence-electron chi connectivity index (χ4n) is 3.82. The molecule has 0 radical (unpaired) electrons. The summed E-state index contributed by atoms with van der Waals surface area (Å²) in [6, 6.07) is 11.5. The van der Waals surface area contributed by atoms with E-state index < -0.39 is 17.5 Å². The molecule has 0 saturated carbocycles. The number of hydrogen-bond donors (Lipinski definition) is 1. The lowest BCUT2D eigenvalue weighted by Gasteiger charge is -2.26. The van der Waals surface area contributed by atoms with E-state index >= 15 is 0 Å². The zero-order valence-corrected chi connectivity index (χ0v) is 19.2. The normalized spacial score (nSPS) is 17.8. The van der Waals surface area contributed by atoms with Crippen LogP contribution >= 0.6 is 11.6 Å². The van der Waals surface area contributed by atoms with E-state index in [0.29, 0.717) is 28.5 Å². The van der Waals surface area contributed by atoms with Gasteiger partial charge in [-0.25, -0.2) is 4.79 Å². The van der Waals surface area contributed by atoms with Gasteiger partial charge in [-0.2, -0.15) is 0 Å². The Kier molecular flexibility index (Phi) is 6.93. The van der Waals surface area contributed by atoms with Crippen LogP contribution in [0.3, 0.4) is 0 Å². The number of benzene rings is 2. The van der Waals surface area contributed by atoms with Crippen LogP contribution in [-0.2, 0) is 21.7 Å². The summed E-state index contributed by atoms with van der Waals surface area (Å²) in [6.45, 7) is 1.65. The lowest BCUT2D eigenvalue weighted by atomic mass is 9.87. The van der Waals surface area contributed by atoms with Gasteiger partial charge < -0.3 is 19.7 Å². The highest BCUT2D eigenvalue weighted by molar-refractivity contribution is 6.30. The first-order chi connectivity index (χ1) is 15.3. The Morgan fingerprint density at radius 1 is 1.12 bits per heavy atom. The van der Waals surface area contributed by atoms with Crippen LogP contribution in [0.2, 0.25) is 5.02 Å². The quantitative estimate of drug-likeness (QED) is 0.612. The Bertz CT molecular complexity index is 1030. The van der Waals surface area contributed by atoms with E-state index in [1.165, 1.54) is 19.1 Å². The van der Waals surface area contributed by atoms with Crippen LogP contribution in [0.25, 0.3) is 0 Å². The summed E-state index contributed by atoms with van der Waals surface area (Å²) in [7, 11) is 4.66. The summed E-state index contributed by atoms with van der Waals surface area (Å²) in [5.74, 6) is 0.224. The van der Waals surface area contributed by atoms with Crippen LogP contribution in [0.15, 0.2) is 42.5 Å². The van der Waals surface area contributed by atoms with E-state index in [0.717, 1.165) is 10.5 Å². The van der Waals surface area contributed by atoms with E-state index in [-0.39, 0.29) is 19.0 Å². The molecule has 32 heavy (non-hydrogen) atoms. The number of urea groups is 1. The van der Waals surface area contributed by atoms with Gasteiger partial charge >= 0.3 is 6.03 Å². The van der Waals surface area contributed by atoms with Crippen molar-refractivity contribution in [3.8, 4) is 11.5 Å². The Hall–Kier alpha value is -3.26. The van der Waals surface area contributed by atoms with Gasteiger partial charge in [0.1, 0.15) is 12.1 Å². The number of methoxy groups -OCH3 is 2. The maximum atomic E-state index is 13.3. The highest BCUT2D eigenvalue weighted by Gasteiger charge is 2.51. The highest BCUT2D eigenvalue weighted by Crippen LogP contribution is 2.34. The van der Waals surface area contributed by atoms with Crippen molar-refractivity contribution < 1.29 is 23.9 Å². The number of likely N-dealkylation sites (N-methyl/N-ethyl adjacent to an activating group) is 1. The maximum Gasteiger partial charge on any atom is 0.325 e. The van der Waals surface area contributed by atoms with Gasteiger partial charge in [-0.15, -0.1) is 0 Å². The first kappa shape index (κ1) is 23.4. The number of imide groups is 1. The number of halogens is 1. The van der Waals surface area contributed by atoms with Crippen molar-refractivity contribution in [3.63, 3.8) is 0 Å². The third kappa shape index (κ3) is 4.23. The molecule has 1 aliphatic heterocycles. The van der Waals surface area contributed by atoms with Gasteiger partial charge in [0.2, 0.25) is 5.91 Å². The lowest BCUT2D eigenvalue weighted by molar-refractivity contribution is -0.138. The Morgan fingerprint density at radius 3 is 2.41 bits per heavy atom. The molecule has 1 aliphatic rings. The molecule has 8 nitrogen and oxygen atoms in total. The van der Waals surface area contributed by atoms with Crippen molar-refractivity contribution in [2.24, 2.45) is 0 Å². The minimum Gasteiger partial charge on any atom is -0.493 e. The highest BCUT2D eigenvalue weighted by atomic mass is 35.5. The molecule has 4 amide bonds. The molecule has 2 aromatic carbocycles. The molecule has 0 aromatic heterocycles. The van der Waals surface area contributed by atoms with Crippen LogP contribution in [0.4, 0.5) is 4.79 Å². The second-order valence-corrected chi connectivity index (χ2v) is 7.93. The summed E-state index contributed by atoms with van der Waals surface area (Å²) in [5, 5.41) is 3.29. The van der Waals surface area contributed by atoms with E-state index in [2.05, 4.69) is 5.32 Å². The Labute approximate surface area is 192 Å². The number of nitrogens with one attached hydrogen (secondary N) is 1. The lowest BCUT2D eigenvalue weighted by Crippen LogP contribution is -2.45. The third-order valence-corrected chi connectivity index (χ3v) is 5.91. The summed E-state index contributed by atoms with van der Waals surface area (Å²) < 4.78 is 10.7. The average molecular weight is 460 g/mol. The monoisotopic (exact) mass is 459 g/mol. The number of hydrogen-bond acceptors (Lipinski definition) is 5. The van der Waals surface area contributed by atoms with Gasteiger partial charge in [-0.3, -0.25) is 14.5 Å². The number of para-hydroxylation sites is 1. The third-order valence-electron chi connectivity index (χ3n) is 5.65. The number of nitrogens with zero attached hydrogens (tertiary/aromatic N) is 2. The molecule has 9 heteroatoms. The zero-order valence-electron chi connectivity index (χ0n) is 18.5. The minimum atomic E-state index is -1.23. The smallest absolute Gasteiger partial charge is 0.325 e. The molecule has 1 fully saturated rings. The molecule has 1 atom stereocenters. The number of carbonyl (C=O) groups excluding carboxylic acids is 3.